The number of phenols is 1. The first-order valence-corrected chi connectivity index (χ1v) is 11.1. The van der Waals surface area contributed by atoms with E-state index < -0.39 is 11.9 Å². The number of carbonyl (C=O) groups excluding carboxylic acids is 1. The average Bonchev–Trinajstić information content (AvgIpc) is 3.52. The van der Waals surface area contributed by atoms with E-state index in [1.807, 2.05) is 6.07 Å². The Bertz CT molecular complexity index is 1020. The maximum Gasteiger partial charge on any atom is 0.341 e. The molecule has 30 heavy (non-hydrogen) atoms. The average molecular weight is 406 g/mol. The van der Waals surface area contributed by atoms with E-state index in [9.17, 15) is 19.8 Å². The minimum Gasteiger partial charge on any atom is -0.508 e. The summed E-state index contributed by atoms with van der Waals surface area (Å²) in [5.74, 6) is -0.393. The van der Waals surface area contributed by atoms with Crippen molar-refractivity contribution in [3.8, 4) is 5.75 Å². The number of piperidine rings is 1. The second kappa shape index (κ2) is 6.27. The van der Waals surface area contributed by atoms with Gasteiger partial charge in [-0.3, -0.25) is 9.69 Å². The van der Waals surface area contributed by atoms with Crippen LogP contribution in [0.2, 0.25) is 0 Å². The Morgan fingerprint density at radius 1 is 1.30 bits per heavy atom. The number of hydrogen-bond acceptors (Lipinski definition) is 4. The van der Waals surface area contributed by atoms with Crippen molar-refractivity contribution in [2.24, 2.45) is 22.7 Å². The van der Waals surface area contributed by atoms with E-state index in [0.717, 1.165) is 44.0 Å². The number of carboxylic acid groups (broad SMARTS) is 1. The third-order valence-electron chi connectivity index (χ3n) is 8.24. The summed E-state index contributed by atoms with van der Waals surface area (Å²) in [5, 5.41) is 19.7. The molecule has 0 spiro atoms. The normalized spacial score (nSPS) is 34.9. The lowest BCUT2D eigenvalue weighted by molar-refractivity contribution is -0.134. The van der Waals surface area contributed by atoms with Gasteiger partial charge in [-0.15, -0.1) is 0 Å². The van der Waals surface area contributed by atoms with E-state index in [0.29, 0.717) is 18.4 Å². The molecule has 1 saturated heterocycles. The standard InChI is InChI=1S/C24H26N2O4/c27-16-4-3-14-9-21-19-8-15-7-17(23(29)30)22(28)25-20(15)11-24(19,18(14)10-16)5-6-26(21)12-13-1-2-13/h3-4,7,10,13,15,19,21,27H,1-2,5-6,8-9,11-12H2,(H,29,30)/t15?,19-,21+,24+/m0/s1. The van der Waals surface area contributed by atoms with Crippen LogP contribution >= 0.6 is 0 Å². The number of nitrogens with zero attached hydrogens (tertiary/aromatic N) is 2. The molecule has 2 aliphatic heterocycles. The maximum atomic E-state index is 12.3. The van der Waals surface area contributed by atoms with Crippen LogP contribution in [-0.4, -0.2) is 51.8 Å². The van der Waals surface area contributed by atoms with Crippen LogP contribution in [0.4, 0.5) is 0 Å². The zero-order valence-corrected chi connectivity index (χ0v) is 16.9. The van der Waals surface area contributed by atoms with E-state index in [2.05, 4.69) is 16.0 Å². The van der Waals surface area contributed by atoms with Crippen molar-refractivity contribution in [1.82, 2.24) is 4.90 Å². The number of aliphatic carboxylic acids is 1. The van der Waals surface area contributed by atoms with Crippen molar-refractivity contribution in [2.75, 3.05) is 13.1 Å². The van der Waals surface area contributed by atoms with E-state index >= 15 is 0 Å². The number of allylic oxidation sites excluding steroid dienone is 1. The first-order valence-electron chi connectivity index (χ1n) is 11.1. The van der Waals surface area contributed by atoms with E-state index in [-0.39, 0.29) is 22.7 Å². The summed E-state index contributed by atoms with van der Waals surface area (Å²) in [7, 11) is 0. The van der Waals surface area contributed by atoms with Crippen LogP contribution in [0.25, 0.3) is 0 Å². The molecule has 0 radical (unpaired) electrons. The van der Waals surface area contributed by atoms with Gasteiger partial charge in [0.15, 0.2) is 0 Å². The predicted octanol–water partition coefficient (Wildman–Crippen LogP) is 2.69. The first-order chi connectivity index (χ1) is 14.4. The fourth-order valence-electron chi connectivity index (χ4n) is 6.69. The van der Waals surface area contributed by atoms with Gasteiger partial charge in [0.1, 0.15) is 11.3 Å². The Balaban J connectivity index is 1.45. The molecule has 156 valence electrons. The summed E-state index contributed by atoms with van der Waals surface area (Å²) in [4.78, 5) is 30.8. The monoisotopic (exact) mass is 406 g/mol. The Labute approximate surface area is 175 Å². The predicted molar refractivity (Wildman–Crippen MR) is 111 cm³/mol. The van der Waals surface area contributed by atoms with Crippen LogP contribution in [0.3, 0.4) is 0 Å². The van der Waals surface area contributed by atoms with Crippen LogP contribution in [-0.2, 0) is 21.4 Å². The van der Waals surface area contributed by atoms with E-state index in [1.165, 1.54) is 24.0 Å². The second-order valence-electron chi connectivity index (χ2n) is 9.88. The molecule has 1 unspecified atom stereocenters. The van der Waals surface area contributed by atoms with Crippen molar-refractivity contribution in [3.63, 3.8) is 0 Å². The second-order valence-corrected chi connectivity index (χ2v) is 9.88. The molecule has 3 aliphatic carbocycles. The molecule has 0 aromatic heterocycles. The Hall–Kier alpha value is -2.47. The molecule has 1 amide bonds. The van der Waals surface area contributed by atoms with Gasteiger partial charge in [-0.1, -0.05) is 12.1 Å². The topological polar surface area (TPSA) is 90.2 Å². The number of carbonyl (C=O) groups is 2. The molecule has 3 fully saturated rings. The number of likely N-dealkylation sites (tertiary alicyclic amines) is 1. The molecule has 1 aromatic rings. The minimum atomic E-state index is -1.18. The zero-order valence-electron chi connectivity index (χ0n) is 16.9. The number of fused-ring (bicyclic) bond motifs is 2. The van der Waals surface area contributed by atoms with Crippen molar-refractivity contribution in [1.29, 1.82) is 0 Å². The molecule has 2 heterocycles. The Kier molecular flexibility index (Phi) is 3.82. The molecule has 6 rings (SSSR count). The number of rotatable bonds is 3. The molecule has 2 saturated carbocycles. The van der Waals surface area contributed by atoms with Crippen LogP contribution in [0.5, 0.6) is 5.75 Å². The SMILES string of the molecule is O=C(O)C1=CC2C[C@H]3[C@H]4Cc5ccc(O)cc5[C@@]3(CCN4CC3CC3)CC2=NC1=O. The third-order valence-corrected chi connectivity index (χ3v) is 8.24. The number of aromatic hydroxyl groups is 1. The van der Waals surface area contributed by atoms with E-state index in [4.69, 9.17) is 0 Å². The lowest BCUT2D eigenvalue weighted by Crippen LogP contribution is -2.63. The highest BCUT2D eigenvalue weighted by Crippen LogP contribution is 2.57. The third kappa shape index (κ3) is 2.62. The van der Waals surface area contributed by atoms with Gasteiger partial charge >= 0.3 is 5.97 Å². The molecule has 2 bridgehead atoms. The van der Waals surface area contributed by atoms with Gasteiger partial charge in [0.05, 0.1) is 0 Å². The molecular formula is C24H26N2O4. The summed E-state index contributed by atoms with van der Waals surface area (Å²) in [6, 6.07) is 6.21. The van der Waals surface area contributed by atoms with Gasteiger partial charge in [-0.05, 0) is 80.2 Å². The number of phenolic OH excluding ortho intramolecular Hbond substituents is 1. The molecule has 6 nitrogen and oxygen atoms in total. The van der Waals surface area contributed by atoms with Crippen LogP contribution in [0, 0.1) is 17.8 Å². The lowest BCUT2D eigenvalue weighted by atomic mass is 9.50. The quantitative estimate of drug-likeness (QED) is 0.754. The van der Waals surface area contributed by atoms with Gasteiger partial charge in [0.25, 0.3) is 5.91 Å². The molecule has 6 heteroatoms. The summed E-state index contributed by atoms with van der Waals surface area (Å²) in [6.45, 7) is 2.19. The van der Waals surface area contributed by atoms with Gasteiger partial charge < -0.3 is 10.2 Å². The smallest absolute Gasteiger partial charge is 0.341 e. The first kappa shape index (κ1) is 18.3. The summed E-state index contributed by atoms with van der Waals surface area (Å²) in [6.07, 6.45) is 7.78. The highest BCUT2D eigenvalue weighted by atomic mass is 16.4. The van der Waals surface area contributed by atoms with Crippen LogP contribution in [0.1, 0.15) is 43.2 Å². The van der Waals surface area contributed by atoms with Crippen molar-refractivity contribution in [2.45, 2.75) is 50.0 Å². The summed E-state index contributed by atoms with van der Waals surface area (Å²) < 4.78 is 0. The van der Waals surface area contributed by atoms with Crippen LogP contribution in [0.15, 0.2) is 34.8 Å². The van der Waals surface area contributed by atoms with E-state index in [1.54, 1.807) is 12.1 Å². The van der Waals surface area contributed by atoms with Crippen LogP contribution < -0.4 is 0 Å². The minimum absolute atomic E-state index is 0.0749. The summed E-state index contributed by atoms with van der Waals surface area (Å²) in [5.41, 5.74) is 3.04. The van der Waals surface area contributed by atoms with Crippen molar-refractivity contribution >= 4 is 17.6 Å². The van der Waals surface area contributed by atoms with Crippen molar-refractivity contribution < 1.29 is 19.8 Å². The number of dihydropyridines is 1. The molecular weight excluding hydrogens is 380 g/mol. The van der Waals surface area contributed by atoms with Gasteiger partial charge in [-0.2, -0.15) is 0 Å². The molecule has 2 N–H and O–H groups in total. The molecule has 1 aromatic carbocycles. The van der Waals surface area contributed by atoms with Gasteiger partial charge in [0, 0.05) is 29.6 Å². The number of carboxylic acids is 1. The Morgan fingerprint density at radius 3 is 2.90 bits per heavy atom. The number of hydrogen-bond donors (Lipinski definition) is 2. The largest absolute Gasteiger partial charge is 0.508 e. The lowest BCUT2D eigenvalue weighted by Gasteiger charge is -2.60. The maximum absolute atomic E-state index is 12.3. The number of benzene rings is 1. The molecule has 5 aliphatic rings. The van der Waals surface area contributed by atoms with Gasteiger partial charge in [0.2, 0.25) is 0 Å². The Morgan fingerprint density at radius 2 is 2.13 bits per heavy atom. The number of amides is 1. The fourth-order valence-corrected chi connectivity index (χ4v) is 6.69. The fraction of sp³-hybridized carbons (Fsp3) is 0.542. The highest BCUT2D eigenvalue weighted by Gasteiger charge is 2.57. The highest BCUT2D eigenvalue weighted by molar-refractivity contribution is 6.21. The van der Waals surface area contributed by atoms with Crippen molar-refractivity contribution in [3.05, 3.63) is 41.0 Å². The zero-order chi connectivity index (χ0) is 20.6. The summed E-state index contributed by atoms with van der Waals surface area (Å²) >= 11 is 0. The van der Waals surface area contributed by atoms with Gasteiger partial charge in [-0.25, -0.2) is 9.79 Å². The molecule has 4 atom stereocenters. The number of aliphatic imine (C=N–C) groups is 1.